The molecule has 0 unspecified atom stereocenters. The van der Waals surface area contributed by atoms with E-state index in [-0.39, 0.29) is 36.6 Å². The Morgan fingerprint density at radius 1 is 1.16 bits per heavy atom. The Labute approximate surface area is 127 Å². The zero-order valence-corrected chi connectivity index (χ0v) is 12.6. The van der Waals surface area contributed by atoms with E-state index in [9.17, 15) is 4.79 Å². The maximum absolute atomic E-state index is 11.0. The highest BCUT2D eigenvalue weighted by Crippen LogP contribution is 2.16. The van der Waals surface area contributed by atoms with Crippen LogP contribution in [0.1, 0.15) is 18.4 Å². The summed E-state index contributed by atoms with van der Waals surface area (Å²) in [6, 6.07) is 10.5. The van der Waals surface area contributed by atoms with Crippen LogP contribution in [-0.2, 0) is 11.2 Å². The van der Waals surface area contributed by atoms with E-state index in [0.29, 0.717) is 0 Å². The van der Waals surface area contributed by atoms with Crippen LogP contribution in [0.5, 0.6) is 0 Å². The third kappa shape index (κ3) is 5.81. The topological polar surface area (TPSA) is 46.3 Å². The molecule has 1 aliphatic rings. The largest absolute Gasteiger partial charge is 0.369 e. The predicted molar refractivity (Wildman–Crippen MR) is 83.0 cm³/mol. The number of hydrogen-bond donors (Lipinski definition) is 1. The van der Waals surface area contributed by atoms with Crippen LogP contribution in [0.4, 0.5) is 0 Å². The van der Waals surface area contributed by atoms with Gasteiger partial charge in [0.25, 0.3) is 0 Å². The molecule has 1 aromatic rings. The van der Waals surface area contributed by atoms with Crippen LogP contribution in [0, 0.1) is 5.92 Å². The molecule has 1 saturated heterocycles. The second kappa shape index (κ2) is 9.18. The van der Waals surface area contributed by atoms with Crippen LogP contribution >= 0.6 is 24.8 Å². The van der Waals surface area contributed by atoms with Gasteiger partial charge in [-0.25, -0.2) is 0 Å². The molecule has 0 radical (unpaired) electrons. The van der Waals surface area contributed by atoms with Crippen molar-refractivity contribution in [3.05, 3.63) is 35.9 Å². The van der Waals surface area contributed by atoms with Crippen LogP contribution in [-0.4, -0.2) is 30.4 Å². The van der Waals surface area contributed by atoms with Crippen molar-refractivity contribution < 1.29 is 4.79 Å². The molecule has 0 atom stereocenters. The fourth-order valence-corrected chi connectivity index (χ4v) is 2.37. The summed E-state index contributed by atoms with van der Waals surface area (Å²) in [6.45, 7) is 3.08. The Bertz CT molecular complexity index is 365. The zero-order chi connectivity index (χ0) is 12.1. The van der Waals surface area contributed by atoms with Gasteiger partial charge in [-0.05, 0) is 37.9 Å². The number of rotatable bonds is 4. The lowest BCUT2D eigenvalue weighted by molar-refractivity contribution is -0.123. The molecule has 1 fully saturated rings. The van der Waals surface area contributed by atoms with Crippen LogP contribution in [0.2, 0.25) is 0 Å². The number of carbonyl (C=O) groups is 1. The monoisotopic (exact) mass is 304 g/mol. The predicted octanol–water partition coefficient (Wildman–Crippen LogP) is 2.27. The number of piperidine rings is 1. The minimum Gasteiger partial charge on any atom is -0.369 e. The normalized spacial score (nSPS) is 16.2. The van der Waals surface area contributed by atoms with Crippen molar-refractivity contribution in [3.63, 3.8) is 0 Å². The van der Waals surface area contributed by atoms with Crippen LogP contribution < -0.4 is 5.73 Å². The summed E-state index contributed by atoms with van der Waals surface area (Å²) in [4.78, 5) is 13.5. The second-order valence-corrected chi connectivity index (χ2v) is 4.75. The number of primary amides is 1. The summed E-state index contributed by atoms with van der Waals surface area (Å²) < 4.78 is 0. The Morgan fingerprint density at radius 3 is 2.26 bits per heavy atom. The SMILES string of the molecule is Cl.Cl.NC(=O)C1CCN(CCc2ccccc2)CC1. The minimum atomic E-state index is -0.132. The first-order valence-corrected chi connectivity index (χ1v) is 6.31. The molecule has 108 valence electrons. The molecule has 0 saturated carbocycles. The van der Waals surface area contributed by atoms with E-state index in [2.05, 4.69) is 29.2 Å². The highest BCUT2D eigenvalue weighted by atomic mass is 35.5. The molecule has 0 bridgehead atoms. The summed E-state index contributed by atoms with van der Waals surface area (Å²) >= 11 is 0. The molecule has 5 heteroatoms. The number of amides is 1. The van der Waals surface area contributed by atoms with Gasteiger partial charge in [0.1, 0.15) is 0 Å². The molecule has 0 spiro atoms. The molecule has 2 rings (SSSR count). The molecular formula is C14H22Cl2N2O. The lowest BCUT2D eigenvalue weighted by Crippen LogP contribution is -2.39. The molecule has 1 amide bonds. The summed E-state index contributed by atoms with van der Waals surface area (Å²) in [5.74, 6) is -0.0318. The van der Waals surface area contributed by atoms with Gasteiger partial charge in [0, 0.05) is 12.5 Å². The fraction of sp³-hybridized carbons (Fsp3) is 0.500. The zero-order valence-electron chi connectivity index (χ0n) is 11.0. The van der Waals surface area contributed by atoms with E-state index < -0.39 is 0 Å². The van der Waals surface area contributed by atoms with E-state index in [1.807, 2.05) is 6.07 Å². The van der Waals surface area contributed by atoms with Crippen LogP contribution in [0.15, 0.2) is 30.3 Å². The Balaban J connectivity index is 0.00000162. The lowest BCUT2D eigenvalue weighted by Gasteiger charge is -2.30. The molecule has 3 nitrogen and oxygen atoms in total. The molecule has 0 aromatic heterocycles. The first kappa shape index (κ1) is 18.2. The summed E-state index contributed by atoms with van der Waals surface area (Å²) in [6.07, 6.45) is 2.93. The van der Waals surface area contributed by atoms with Crippen molar-refractivity contribution in [3.8, 4) is 0 Å². The van der Waals surface area contributed by atoms with Gasteiger partial charge >= 0.3 is 0 Å². The number of nitrogens with two attached hydrogens (primary N) is 1. The highest BCUT2D eigenvalue weighted by Gasteiger charge is 2.22. The van der Waals surface area contributed by atoms with Crippen molar-refractivity contribution in [2.24, 2.45) is 11.7 Å². The third-order valence-corrected chi connectivity index (χ3v) is 3.55. The van der Waals surface area contributed by atoms with Gasteiger partial charge in [-0.1, -0.05) is 30.3 Å². The summed E-state index contributed by atoms with van der Waals surface area (Å²) in [7, 11) is 0. The maximum atomic E-state index is 11.0. The molecule has 1 heterocycles. The fourth-order valence-electron chi connectivity index (χ4n) is 2.37. The molecule has 1 aromatic carbocycles. The molecule has 19 heavy (non-hydrogen) atoms. The van der Waals surface area contributed by atoms with Gasteiger partial charge in [-0.2, -0.15) is 0 Å². The van der Waals surface area contributed by atoms with Gasteiger partial charge in [-0.3, -0.25) is 4.79 Å². The average Bonchev–Trinajstić information content (AvgIpc) is 2.38. The lowest BCUT2D eigenvalue weighted by atomic mass is 9.96. The molecule has 1 aliphatic heterocycles. The number of likely N-dealkylation sites (tertiary alicyclic amines) is 1. The van der Waals surface area contributed by atoms with Crippen molar-refractivity contribution >= 4 is 30.7 Å². The van der Waals surface area contributed by atoms with Crippen molar-refractivity contribution in [2.75, 3.05) is 19.6 Å². The summed E-state index contributed by atoms with van der Waals surface area (Å²) in [5, 5.41) is 0. The summed E-state index contributed by atoms with van der Waals surface area (Å²) in [5.41, 5.74) is 6.70. The molecular weight excluding hydrogens is 283 g/mol. The average molecular weight is 305 g/mol. The number of benzene rings is 1. The van der Waals surface area contributed by atoms with Gasteiger partial charge in [-0.15, -0.1) is 24.8 Å². The Kier molecular flexibility index (Phi) is 8.81. The molecule has 2 N–H and O–H groups in total. The van der Waals surface area contributed by atoms with E-state index in [4.69, 9.17) is 5.73 Å². The third-order valence-electron chi connectivity index (χ3n) is 3.55. The van der Waals surface area contributed by atoms with E-state index in [1.54, 1.807) is 0 Å². The number of carbonyl (C=O) groups excluding carboxylic acids is 1. The maximum Gasteiger partial charge on any atom is 0.220 e. The van der Waals surface area contributed by atoms with Crippen molar-refractivity contribution in [2.45, 2.75) is 19.3 Å². The van der Waals surface area contributed by atoms with Gasteiger partial charge in [0.05, 0.1) is 0 Å². The van der Waals surface area contributed by atoms with E-state index >= 15 is 0 Å². The van der Waals surface area contributed by atoms with Crippen LogP contribution in [0.25, 0.3) is 0 Å². The van der Waals surface area contributed by atoms with E-state index in [0.717, 1.165) is 38.9 Å². The van der Waals surface area contributed by atoms with Crippen molar-refractivity contribution in [1.29, 1.82) is 0 Å². The Hall–Kier alpha value is -0.770. The van der Waals surface area contributed by atoms with Gasteiger partial charge in [0.15, 0.2) is 0 Å². The smallest absolute Gasteiger partial charge is 0.220 e. The van der Waals surface area contributed by atoms with Gasteiger partial charge < -0.3 is 10.6 Å². The first-order valence-electron chi connectivity index (χ1n) is 6.31. The van der Waals surface area contributed by atoms with E-state index in [1.165, 1.54) is 5.56 Å². The number of hydrogen-bond acceptors (Lipinski definition) is 2. The standard InChI is InChI=1S/C14H20N2O.2ClH/c15-14(17)13-7-10-16(11-8-13)9-6-12-4-2-1-3-5-12;;/h1-5,13H,6-11H2,(H2,15,17);2*1H. The first-order chi connectivity index (χ1) is 8.25. The number of nitrogens with zero attached hydrogens (tertiary/aromatic N) is 1. The van der Waals surface area contributed by atoms with Gasteiger partial charge in [0.2, 0.25) is 5.91 Å². The van der Waals surface area contributed by atoms with Crippen LogP contribution in [0.3, 0.4) is 0 Å². The van der Waals surface area contributed by atoms with Crippen molar-refractivity contribution in [1.82, 2.24) is 4.90 Å². The number of halogens is 2. The quantitative estimate of drug-likeness (QED) is 0.927. The second-order valence-electron chi connectivity index (χ2n) is 4.75. The Morgan fingerprint density at radius 2 is 1.74 bits per heavy atom. The minimum absolute atomic E-state index is 0. The molecule has 0 aliphatic carbocycles. The highest BCUT2D eigenvalue weighted by molar-refractivity contribution is 5.85.